The average Bonchev–Trinajstić information content (AvgIpc) is 3.13. The number of rotatable bonds is 5. The number of ketones is 1. The molecule has 2 aromatic carbocycles. The molecule has 0 atom stereocenters. The van der Waals surface area contributed by atoms with Gasteiger partial charge >= 0.3 is 0 Å². The number of carbonyl (C=O) groups is 1. The Labute approximate surface area is 167 Å². The number of H-pyrrole nitrogens is 1. The second kappa shape index (κ2) is 7.60. The summed E-state index contributed by atoms with van der Waals surface area (Å²) >= 11 is 5.70. The third-order valence-electron chi connectivity index (χ3n) is 4.38. The molecule has 8 heteroatoms. The molecule has 4 aromatic rings. The number of ether oxygens (including phenoxy) is 1. The Morgan fingerprint density at radius 3 is 2.72 bits per heavy atom. The van der Waals surface area contributed by atoms with Gasteiger partial charge < -0.3 is 9.72 Å². The molecule has 4 rings (SSSR count). The van der Waals surface area contributed by atoms with Crippen molar-refractivity contribution >= 4 is 28.4 Å². The minimum absolute atomic E-state index is 0.0757. The van der Waals surface area contributed by atoms with E-state index in [9.17, 15) is 18.0 Å². The highest BCUT2D eigenvalue weighted by Gasteiger charge is 2.25. The Kier molecular flexibility index (Phi) is 4.98. The summed E-state index contributed by atoms with van der Waals surface area (Å²) in [6.45, 7) is -0.323. The van der Waals surface area contributed by atoms with Crippen LogP contribution >= 0.6 is 11.6 Å². The first-order valence-electron chi connectivity index (χ1n) is 8.47. The van der Waals surface area contributed by atoms with Crippen LogP contribution in [-0.4, -0.2) is 15.8 Å². The van der Waals surface area contributed by atoms with Crippen LogP contribution in [-0.2, 0) is 6.61 Å². The molecule has 0 radical (unpaired) electrons. The van der Waals surface area contributed by atoms with E-state index in [-0.39, 0.29) is 28.5 Å². The first-order chi connectivity index (χ1) is 14.0. The molecule has 1 N–H and O–H groups in total. The molecule has 4 nitrogen and oxygen atoms in total. The second-order valence-electron chi connectivity index (χ2n) is 6.19. The third kappa shape index (κ3) is 3.56. The molecule has 0 amide bonds. The molecular formula is C21H12ClF3N2O2. The van der Waals surface area contributed by atoms with E-state index in [0.29, 0.717) is 11.0 Å². The molecule has 0 spiro atoms. The van der Waals surface area contributed by atoms with Crippen LogP contribution in [0.4, 0.5) is 13.2 Å². The maximum atomic E-state index is 14.9. The van der Waals surface area contributed by atoms with Crippen molar-refractivity contribution in [3.05, 3.63) is 94.0 Å². The summed E-state index contributed by atoms with van der Waals surface area (Å²) in [5.41, 5.74) is -0.133. The van der Waals surface area contributed by atoms with Crippen molar-refractivity contribution < 1.29 is 22.7 Å². The number of nitrogens with one attached hydrogen (secondary N) is 1. The highest BCUT2D eigenvalue weighted by molar-refractivity contribution is 6.30. The number of carbonyl (C=O) groups excluding carboxylic acids is 1. The minimum atomic E-state index is -1.16. The Morgan fingerprint density at radius 2 is 1.93 bits per heavy atom. The first-order valence-corrected chi connectivity index (χ1v) is 8.85. The molecule has 0 aliphatic heterocycles. The van der Waals surface area contributed by atoms with Crippen molar-refractivity contribution in [2.75, 3.05) is 0 Å². The topological polar surface area (TPSA) is 55.0 Å². The lowest BCUT2D eigenvalue weighted by atomic mass is 10.0. The van der Waals surface area contributed by atoms with Crippen molar-refractivity contribution in [1.82, 2.24) is 9.97 Å². The van der Waals surface area contributed by atoms with Gasteiger partial charge in [0.15, 0.2) is 11.6 Å². The zero-order valence-electron chi connectivity index (χ0n) is 14.7. The van der Waals surface area contributed by atoms with Crippen LogP contribution in [0, 0.1) is 17.5 Å². The molecule has 2 heterocycles. The quantitative estimate of drug-likeness (QED) is 0.440. The van der Waals surface area contributed by atoms with Crippen LogP contribution < -0.4 is 4.74 Å². The molecule has 0 bridgehead atoms. The Morgan fingerprint density at radius 1 is 1.10 bits per heavy atom. The number of aromatic nitrogens is 2. The van der Waals surface area contributed by atoms with Crippen LogP contribution in [0.5, 0.6) is 5.75 Å². The fourth-order valence-electron chi connectivity index (χ4n) is 2.93. The Hall–Kier alpha value is -3.32. The maximum Gasteiger partial charge on any atom is 0.201 e. The number of halogens is 4. The minimum Gasteiger partial charge on any atom is -0.486 e. The van der Waals surface area contributed by atoms with Crippen LogP contribution in [0.2, 0.25) is 5.02 Å². The molecule has 0 unspecified atom stereocenters. The Bertz CT molecular complexity index is 1240. The number of fused-ring (bicyclic) bond motifs is 1. The molecule has 0 saturated carbocycles. The lowest BCUT2D eigenvalue weighted by Gasteiger charge is -2.11. The van der Waals surface area contributed by atoms with Gasteiger partial charge in [0.1, 0.15) is 23.9 Å². The summed E-state index contributed by atoms with van der Waals surface area (Å²) in [5, 5.41) is 0.645. The number of aromatic amines is 1. The van der Waals surface area contributed by atoms with Gasteiger partial charge in [0.25, 0.3) is 0 Å². The first kappa shape index (κ1) is 19.0. The second-order valence-corrected chi connectivity index (χ2v) is 6.63. The fourth-order valence-corrected chi connectivity index (χ4v) is 3.08. The van der Waals surface area contributed by atoms with Gasteiger partial charge in [0, 0.05) is 33.9 Å². The van der Waals surface area contributed by atoms with E-state index in [1.807, 2.05) is 0 Å². The van der Waals surface area contributed by atoms with E-state index in [1.165, 1.54) is 24.5 Å². The summed E-state index contributed by atoms with van der Waals surface area (Å²) in [7, 11) is 0. The van der Waals surface area contributed by atoms with Crippen LogP contribution in [0.15, 0.2) is 54.9 Å². The van der Waals surface area contributed by atoms with Gasteiger partial charge in [-0.3, -0.25) is 4.79 Å². The van der Waals surface area contributed by atoms with Gasteiger partial charge in [-0.1, -0.05) is 17.7 Å². The zero-order valence-corrected chi connectivity index (χ0v) is 15.4. The van der Waals surface area contributed by atoms with Crippen molar-refractivity contribution in [3.8, 4) is 5.75 Å². The van der Waals surface area contributed by atoms with Gasteiger partial charge in [-0.2, -0.15) is 0 Å². The van der Waals surface area contributed by atoms with Crippen LogP contribution in [0.25, 0.3) is 11.0 Å². The van der Waals surface area contributed by atoms with E-state index in [2.05, 4.69) is 9.97 Å². The summed E-state index contributed by atoms with van der Waals surface area (Å²) in [6, 6.07) is 9.16. The smallest absolute Gasteiger partial charge is 0.201 e. The van der Waals surface area contributed by atoms with E-state index < -0.39 is 28.8 Å². The summed E-state index contributed by atoms with van der Waals surface area (Å²) < 4.78 is 48.4. The predicted octanol–water partition coefficient (Wildman–Crippen LogP) is 5.44. The van der Waals surface area contributed by atoms with Crippen LogP contribution in [0.3, 0.4) is 0 Å². The van der Waals surface area contributed by atoms with Gasteiger partial charge in [0.05, 0.1) is 5.56 Å². The van der Waals surface area contributed by atoms with Crippen molar-refractivity contribution in [2.45, 2.75) is 6.61 Å². The standard InChI is InChI=1S/C21H12ClF3N2O2/c22-12-4-3-11(16(24)8-12)10-29-17-6-5-15(23)18(19(17)25)20(28)14-9-27-21-13(14)2-1-7-26-21/h1-9H,10H2,(H,26,27). The lowest BCUT2D eigenvalue weighted by Crippen LogP contribution is -2.09. The van der Waals surface area contributed by atoms with Gasteiger partial charge in [0.2, 0.25) is 5.78 Å². The Balaban J connectivity index is 1.67. The fraction of sp³-hybridized carbons (Fsp3) is 0.0476. The number of benzene rings is 2. The monoisotopic (exact) mass is 416 g/mol. The average molecular weight is 417 g/mol. The van der Waals surface area contributed by atoms with Crippen LogP contribution in [0.1, 0.15) is 21.5 Å². The third-order valence-corrected chi connectivity index (χ3v) is 4.61. The molecule has 2 aromatic heterocycles. The summed E-state index contributed by atoms with van der Waals surface area (Å²) in [5.74, 6) is -4.05. The summed E-state index contributed by atoms with van der Waals surface area (Å²) in [4.78, 5) is 19.7. The lowest BCUT2D eigenvalue weighted by molar-refractivity contribution is 0.103. The van der Waals surface area contributed by atoms with E-state index in [0.717, 1.165) is 18.2 Å². The molecule has 0 aliphatic rings. The number of hydrogen-bond acceptors (Lipinski definition) is 3. The maximum absolute atomic E-state index is 14.9. The normalized spacial score (nSPS) is 11.0. The highest BCUT2D eigenvalue weighted by atomic mass is 35.5. The molecule has 0 aliphatic carbocycles. The SMILES string of the molecule is O=C(c1c(F)ccc(OCc2ccc(Cl)cc2F)c1F)c1c[nH]c2ncccc12. The van der Waals surface area contributed by atoms with E-state index in [4.69, 9.17) is 16.3 Å². The van der Waals surface area contributed by atoms with Crippen molar-refractivity contribution in [1.29, 1.82) is 0 Å². The number of hydrogen-bond donors (Lipinski definition) is 1. The molecule has 29 heavy (non-hydrogen) atoms. The van der Waals surface area contributed by atoms with E-state index >= 15 is 0 Å². The predicted molar refractivity (Wildman–Crippen MR) is 102 cm³/mol. The number of nitrogens with zero attached hydrogens (tertiary/aromatic N) is 1. The number of pyridine rings is 1. The molecule has 146 valence electrons. The van der Waals surface area contributed by atoms with Crippen molar-refractivity contribution in [2.24, 2.45) is 0 Å². The highest BCUT2D eigenvalue weighted by Crippen LogP contribution is 2.28. The zero-order chi connectivity index (χ0) is 20.5. The molecular weight excluding hydrogens is 405 g/mol. The summed E-state index contributed by atoms with van der Waals surface area (Å²) in [6.07, 6.45) is 2.87. The van der Waals surface area contributed by atoms with E-state index in [1.54, 1.807) is 12.1 Å². The van der Waals surface area contributed by atoms with Gasteiger partial charge in [-0.25, -0.2) is 18.2 Å². The van der Waals surface area contributed by atoms with Crippen molar-refractivity contribution in [3.63, 3.8) is 0 Å². The van der Waals surface area contributed by atoms with Gasteiger partial charge in [-0.05, 0) is 36.4 Å². The molecule has 0 fully saturated rings. The van der Waals surface area contributed by atoms with Gasteiger partial charge in [-0.15, -0.1) is 0 Å². The largest absolute Gasteiger partial charge is 0.486 e. The molecule has 0 saturated heterocycles.